The van der Waals surface area contributed by atoms with Crippen LogP contribution in [0.25, 0.3) is 0 Å². The van der Waals surface area contributed by atoms with Gasteiger partial charge >= 0.3 is 5.97 Å². The molecule has 18 heavy (non-hydrogen) atoms. The van der Waals surface area contributed by atoms with Crippen molar-refractivity contribution < 1.29 is 14.3 Å². The van der Waals surface area contributed by atoms with Crippen LogP contribution in [0.2, 0.25) is 0 Å². The Morgan fingerprint density at radius 3 is 2.78 bits per heavy atom. The maximum atomic E-state index is 11.0. The van der Waals surface area contributed by atoms with Crippen molar-refractivity contribution in [3.63, 3.8) is 0 Å². The van der Waals surface area contributed by atoms with E-state index in [9.17, 15) is 4.79 Å². The molecule has 0 aliphatic heterocycles. The molecule has 0 saturated carbocycles. The molecule has 2 N–H and O–H groups in total. The Morgan fingerprint density at radius 1 is 1.39 bits per heavy atom. The van der Waals surface area contributed by atoms with Gasteiger partial charge in [-0.1, -0.05) is 36.4 Å². The summed E-state index contributed by atoms with van der Waals surface area (Å²) in [5, 5.41) is 0. The summed E-state index contributed by atoms with van der Waals surface area (Å²) >= 11 is 0. The molecule has 1 atom stereocenters. The zero-order valence-corrected chi connectivity index (χ0v) is 10.5. The van der Waals surface area contributed by atoms with Crippen LogP contribution in [0.5, 0.6) is 0 Å². The fourth-order valence-electron chi connectivity index (χ4n) is 1.34. The first-order chi connectivity index (χ1) is 8.72. The van der Waals surface area contributed by atoms with Gasteiger partial charge in [0.05, 0.1) is 19.8 Å². The largest absolute Gasteiger partial charge is 0.463 e. The maximum absolute atomic E-state index is 11.0. The first kappa shape index (κ1) is 14.4. The van der Waals surface area contributed by atoms with Crippen molar-refractivity contribution in [2.45, 2.75) is 19.6 Å². The molecule has 4 nitrogen and oxygen atoms in total. The summed E-state index contributed by atoms with van der Waals surface area (Å²) in [4.78, 5) is 11.0. The van der Waals surface area contributed by atoms with Gasteiger partial charge in [-0.2, -0.15) is 0 Å². The Labute approximate surface area is 107 Å². The highest BCUT2D eigenvalue weighted by Crippen LogP contribution is 2.00. The minimum atomic E-state index is -0.379. The Kier molecular flexibility index (Phi) is 6.76. The van der Waals surface area contributed by atoms with E-state index in [0.29, 0.717) is 19.8 Å². The second kappa shape index (κ2) is 8.44. The highest BCUT2D eigenvalue weighted by Gasteiger charge is 2.00. The van der Waals surface area contributed by atoms with Crippen LogP contribution >= 0.6 is 0 Å². The van der Waals surface area contributed by atoms with E-state index in [1.807, 2.05) is 30.3 Å². The second-order valence-electron chi connectivity index (χ2n) is 3.78. The third-order valence-corrected chi connectivity index (χ3v) is 2.19. The third kappa shape index (κ3) is 6.18. The van der Waals surface area contributed by atoms with Crippen molar-refractivity contribution in [3.8, 4) is 0 Å². The maximum Gasteiger partial charge on any atom is 0.330 e. The van der Waals surface area contributed by atoms with Gasteiger partial charge in [0.15, 0.2) is 0 Å². The van der Waals surface area contributed by atoms with E-state index < -0.39 is 0 Å². The number of ether oxygens (including phenoxy) is 2. The first-order valence-corrected chi connectivity index (χ1v) is 5.94. The zero-order chi connectivity index (χ0) is 13.2. The predicted octanol–water partition coefficient (Wildman–Crippen LogP) is 1.65. The van der Waals surface area contributed by atoms with Gasteiger partial charge < -0.3 is 15.2 Å². The molecule has 0 aliphatic rings. The fraction of sp³-hybridized carbons (Fsp3) is 0.357. The third-order valence-electron chi connectivity index (χ3n) is 2.19. The predicted molar refractivity (Wildman–Crippen MR) is 69.8 cm³/mol. The van der Waals surface area contributed by atoms with Gasteiger partial charge in [-0.25, -0.2) is 4.79 Å². The van der Waals surface area contributed by atoms with Crippen LogP contribution in [-0.2, 0) is 20.9 Å². The van der Waals surface area contributed by atoms with Crippen molar-refractivity contribution >= 4 is 5.97 Å². The van der Waals surface area contributed by atoms with E-state index in [4.69, 9.17) is 15.2 Å². The van der Waals surface area contributed by atoms with Crippen LogP contribution in [0.3, 0.4) is 0 Å². The van der Waals surface area contributed by atoms with Gasteiger partial charge in [0.2, 0.25) is 0 Å². The van der Waals surface area contributed by atoms with Crippen LogP contribution in [0.4, 0.5) is 0 Å². The molecule has 1 aromatic rings. The Morgan fingerprint density at radius 2 is 2.11 bits per heavy atom. The number of rotatable bonds is 7. The summed E-state index contributed by atoms with van der Waals surface area (Å²) in [6.45, 7) is 3.00. The summed E-state index contributed by atoms with van der Waals surface area (Å²) in [6, 6.07) is 9.54. The molecular weight excluding hydrogens is 230 g/mol. The van der Waals surface area contributed by atoms with Crippen LogP contribution in [0.1, 0.15) is 12.5 Å². The lowest BCUT2D eigenvalue weighted by Crippen LogP contribution is -2.24. The Balaban J connectivity index is 2.21. The average Bonchev–Trinajstić information content (AvgIpc) is 2.38. The summed E-state index contributed by atoms with van der Waals surface area (Å²) in [7, 11) is 0. The lowest BCUT2D eigenvalue weighted by Gasteiger charge is -2.08. The van der Waals surface area contributed by atoms with Gasteiger partial charge in [0.1, 0.15) is 0 Å². The molecule has 0 spiro atoms. The zero-order valence-electron chi connectivity index (χ0n) is 10.5. The summed E-state index contributed by atoms with van der Waals surface area (Å²) in [5.41, 5.74) is 6.86. The first-order valence-electron chi connectivity index (χ1n) is 5.94. The van der Waals surface area contributed by atoms with Gasteiger partial charge in [-0.15, -0.1) is 0 Å². The monoisotopic (exact) mass is 249 g/mol. The highest BCUT2D eigenvalue weighted by atomic mass is 16.5. The smallest absolute Gasteiger partial charge is 0.330 e. The molecule has 0 heterocycles. The topological polar surface area (TPSA) is 61.5 Å². The van der Waals surface area contributed by atoms with Gasteiger partial charge in [0.25, 0.3) is 0 Å². The standard InChI is InChI=1S/C14H19NO3/c1-2-18-14(16)9-8-13(15)11-17-10-12-6-4-3-5-7-12/h3-9,13H,2,10-11,15H2,1H3/b9-8+/t13-/m1/s1. The van der Waals surface area contributed by atoms with Crippen molar-refractivity contribution in [1.82, 2.24) is 0 Å². The van der Waals surface area contributed by atoms with Crippen LogP contribution in [0, 0.1) is 0 Å². The van der Waals surface area contributed by atoms with Gasteiger partial charge in [-0.05, 0) is 12.5 Å². The minimum Gasteiger partial charge on any atom is -0.463 e. The van der Waals surface area contributed by atoms with Crippen LogP contribution < -0.4 is 5.73 Å². The summed E-state index contributed by atoms with van der Waals surface area (Å²) in [6.07, 6.45) is 2.92. The van der Waals surface area contributed by atoms with Crippen molar-refractivity contribution in [3.05, 3.63) is 48.0 Å². The molecule has 98 valence electrons. The number of esters is 1. The molecule has 0 radical (unpaired) electrons. The fourth-order valence-corrected chi connectivity index (χ4v) is 1.34. The highest BCUT2D eigenvalue weighted by molar-refractivity contribution is 5.81. The molecule has 0 fully saturated rings. The molecule has 1 aromatic carbocycles. The van der Waals surface area contributed by atoms with Crippen molar-refractivity contribution in [1.29, 1.82) is 0 Å². The lowest BCUT2D eigenvalue weighted by atomic mass is 10.2. The molecule has 0 aromatic heterocycles. The molecule has 0 bridgehead atoms. The number of hydrogen-bond donors (Lipinski definition) is 1. The molecular formula is C14H19NO3. The number of benzene rings is 1. The number of carbonyl (C=O) groups excluding carboxylic acids is 1. The number of nitrogens with two attached hydrogens (primary N) is 1. The SMILES string of the molecule is CCOC(=O)/C=C/[C@@H](N)COCc1ccccc1. The number of hydrogen-bond acceptors (Lipinski definition) is 4. The van der Waals surface area contributed by atoms with Crippen molar-refractivity contribution in [2.75, 3.05) is 13.2 Å². The number of carbonyl (C=O) groups is 1. The molecule has 0 amide bonds. The quantitative estimate of drug-likeness (QED) is 0.589. The molecule has 0 unspecified atom stereocenters. The van der Waals surface area contributed by atoms with E-state index in [1.54, 1.807) is 13.0 Å². The van der Waals surface area contributed by atoms with Crippen LogP contribution in [-0.4, -0.2) is 25.2 Å². The summed E-state index contributed by atoms with van der Waals surface area (Å²) < 4.78 is 10.2. The normalized spacial score (nSPS) is 12.6. The summed E-state index contributed by atoms with van der Waals surface area (Å²) in [5.74, 6) is -0.379. The van der Waals surface area contributed by atoms with Gasteiger partial charge in [0, 0.05) is 12.1 Å². The average molecular weight is 249 g/mol. The lowest BCUT2D eigenvalue weighted by molar-refractivity contribution is -0.137. The van der Waals surface area contributed by atoms with E-state index in [-0.39, 0.29) is 12.0 Å². The van der Waals surface area contributed by atoms with E-state index in [0.717, 1.165) is 5.56 Å². The van der Waals surface area contributed by atoms with E-state index in [2.05, 4.69) is 0 Å². The second-order valence-corrected chi connectivity index (χ2v) is 3.78. The Hall–Kier alpha value is -1.65. The molecule has 0 saturated heterocycles. The Bertz CT molecular complexity index is 376. The van der Waals surface area contributed by atoms with E-state index in [1.165, 1.54) is 6.08 Å². The van der Waals surface area contributed by atoms with Crippen LogP contribution in [0.15, 0.2) is 42.5 Å². The van der Waals surface area contributed by atoms with Gasteiger partial charge in [-0.3, -0.25) is 0 Å². The molecule has 0 aliphatic carbocycles. The van der Waals surface area contributed by atoms with E-state index >= 15 is 0 Å². The minimum absolute atomic E-state index is 0.307. The molecule has 1 rings (SSSR count). The molecule has 4 heteroatoms. The van der Waals surface area contributed by atoms with Crippen molar-refractivity contribution in [2.24, 2.45) is 5.73 Å².